The van der Waals surface area contributed by atoms with E-state index in [4.69, 9.17) is 32.1 Å². The van der Waals surface area contributed by atoms with Gasteiger partial charge in [-0.2, -0.15) is 9.98 Å². The first-order valence-electron chi connectivity index (χ1n) is 17.3. The highest BCUT2D eigenvalue weighted by atomic mass is 32.1. The van der Waals surface area contributed by atoms with Gasteiger partial charge in [0.25, 0.3) is 0 Å². The fourth-order valence-corrected chi connectivity index (χ4v) is 6.00. The first kappa shape index (κ1) is 38.6. The quantitative estimate of drug-likeness (QED) is 0.115. The minimum atomic E-state index is -1.62. The van der Waals surface area contributed by atoms with Gasteiger partial charge in [0, 0.05) is 28.7 Å². The predicted octanol–water partition coefficient (Wildman–Crippen LogP) is 10.4. The number of aliphatic imine (C=N–C) groups is 2. The lowest BCUT2D eigenvalue weighted by Crippen LogP contribution is -2.44. The number of phenols is 2. The second-order valence-electron chi connectivity index (χ2n) is 17.1. The van der Waals surface area contributed by atoms with E-state index in [-0.39, 0.29) is 39.2 Å². The Kier molecular flexibility index (Phi) is 11.7. The van der Waals surface area contributed by atoms with Crippen molar-refractivity contribution in [3.05, 3.63) is 46.5 Å². The standard InChI is InChI=1S/C39H61N3O4S/c1-14-15-16-17-18-19-20-31-40-34(45-25-21-27(35(2,3)4)32(43)28(22-25)36(5,6)7)42-39(47,41-31)46-26-23-29(37(8,9)10)33(44)30(24-26)38(11,12)13/h21-24,43-44,47H,14-20H2,1-13H3,(H,40,41,42). The normalized spacial score (nSPS) is 17.6. The summed E-state index contributed by atoms with van der Waals surface area (Å²) in [4.78, 5) is 9.59. The topological polar surface area (TPSA) is 95.7 Å². The molecule has 0 spiro atoms. The fourth-order valence-electron chi connectivity index (χ4n) is 5.69. The molecule has 1 unspecified atom stereocenters. The lowest BCUT2D eigenvalue weighted by Gasteiger charge is -2.31. The highest BCUT2D eigenvalue weighted by Gasteiger charge is 2.36. The van der Waals surface area contributed by atoms with E-state index in [1.165, 1.54) is 25.7 Å². The Morgan fingerprint density at radius 1 is 0.638 bits per heavy atom. The molecule has 8 heteroatoms. The van der Waals surface area contributed by atoms with Gasteiger partial charge in [-0.05, 0) is 52.3 Å². The summed E-state index contributed by atoms with van der Waals surface area (Å²) in [5, 5.41) is 24.2. The number of hydrogen-bond acceptors (Lipinski definition) is 8. The van der Waals surface area contributed by atoms with E-state index in [9.17, 15) is 10.2 Å². The summed E-state index contributed by atoms with van der Waals surface area (Å²) >= 11 is 4.91. The highest BCUT2D eigenvalue weighted by molar-refractivity contribution is 7.81. The van der Waals surface area contributed by atoms with Crippen molar-refractivity contribution in [3.63, 3.8) is 0 Å². The minimum Gasteiger partial charge on any atom is -0.507 e. The third-order valence-electron chi connectivity index (χ3n) is 8.41. The molecule has 0 amide bonds. The van der Waals surface area contributed by atoms with Crippen LogP contribution in [0.15, 0.2) is 34.3 Å². The molecule has 1 aliphatic heterocycles. The Labute approximate surface area is 290 Å². The molecule has 3 N–H and O–H groups in total. The first-order chi connectivity index (χ1) is 21.4. The summed E-state index contributed by atoms with van der Waals surface area (Å²) in [6, 6.07) is 7.68. The molecule has 1 aliphatic rings. The van der Waals surface area contributed by atoms with Crippen molar-refractivity contribution < 1.29 is 19.7 Å². The van der Waals surface area contributed by atoms with Crippen LogP contribution in [0.2, 0.25) is 0 Å². The predicted molar refractivity (Wildman–Crippen MR) is 200 cm³/mol. The third-order valence-corrected chi connectivity index (χ3v) is 8.71. The van der Waals surface area contributed by atoms with Crippen LogP contribution < -0.4 is 14.8 Å². The van der Waals surface area contributed by atoms with E-state index >= 15 is 0 Å². The van der Waals surface area contributed by atoms with Crippen molar-refractivity contribution in [3.8, 4) is 23.0 Å². The average molecular weight is 668 g/mol. The van der Waals surface area contributed by atoms with Crippen molar-refractivity contribution in [2.45, 2.75) is 162 Å². The monoisotopic (exact) mass is 667 g/mol. The molecule has 0 aromatic heterocycles. The van der Waals surface area contributed by atoms with E-state index in [2.05, 4.69) is 95.3 Å². The van der Waals surface area contributed by atoms with Gasteiger partial charge < -0.3 is 19.7 Å². The maximum absolute atomic E-state index is 11.3. The second kappa shape index (κ2) is 14.3. The van der Waals surface area contributed by atoms with Gasteiger partial charge in [-0.1, -0.05) is 135 Å². The number of nitrogens with zero attached hydrogens (tertiary/aromatic N) is 2. The average Bonchev–Trinajstić information content (AvgIpc) is 2.89. The number of rotatable bonds is 10. The highest BCUT2D eigenvalue weighted by Crippen LogP contribution is 2.44. The van der Waals surface area contributed by atoms with Crippen molar-refractivity contribution in [2.75, 3.05) is 0 Å². The summed E-state index contributed by atoms with van der Waals surface area (Å²) in [6.07, 6.45) is 7.60. The second-order valence-corrected chi connectivity index (χ2v) is 17.7. The summed E-state index contributed by atoms with van der Waals surface area (Å²) in [7, 11) is 0. The van der Waals surface area contributed by atoms with Crippen LogP contribution in [-0.4, -0.2) is 27.3 Å². The summed E-state index contributed by atoms with van der Waals surface area (Å²) < 4.78 is 13.0. The molecule has 0 radical (unpaired) electrons. The van der Waals surface area contributed by atoms with Gasteiger partial charge in [0.15, 0.2) is 0 Å². The van der Waals surface area contributed by atoms with Crippen LogP contribution in [-0.2, 0) is 21.7 Å². The molecule has 7 nitrogen and oxygen atoms in total. The Hall–Kier alpha value is -2.87. The molecule has 47 heavy (non-hydrogen) atoms. The van der Waals surface area contributed by atoms with Crippen molar-refractivity contribution in [1.82, 2.24) is 5.32 Å². The Balaban J connectivity index is 2.08. The Morgan fingerprint density at radius 2 is 1.04 bits per heavy atom. The molecule has 0 saturated carbocycles. The van der Waals surface area contributed by atoms with Gasteiger partial charge in [-0.3, -0.25) is 5.32 Å². The minimum absolute atomic E-state index is 0.215. The molecule has 0 fully saturated rings. The molecule has 0 bridgehead atoms. The van der Waals surface area contributed by atoms with Crippen molar-refractivity contribution in [2.24, 2.45) is 9.98 Å². The molecular formula is C39H61N3O4S. The number of hydrogen-bond donors (Lipinski definition) is 4. The molecule has 1 atom stereocenters. The van der Waals surface area contributed by atoms with E-state index in [0.717, 1.165) is 35.1 Å². The van der Waals surface area contributed by atoms with Crippen LogP contribution in [0.5, 0.6) is 23.0 Å². The Morgan fingerprint density at radius 3 is 1.47 bits per heavy atom. The Bertz CT molecular complexity index is 1400. The van der Waals surface area contributed by atoms with Crippen molar-refractivity contribution >= 4 is 24.5 Å². The molecule has 262 valence electrons. The number of phenolic OH excluding ortho intramolecular Hbond substituents is 2. The number of aromatic hydroxyl groups is 2. The van der Waals surface area contributed by atoms with Crippen LogP contribution in [0.3, 0.4) is 0 Å². The summed E-state index contributed by atoms with van der Waals surface area (Å²) in [6.45, 7) is 27.0. The van der Waals surface area contributed by atoms with Gasteiger partial charge in [0.2, 0.25) is 0 Å². The molecule has 2 aromatic carbocycles. The number of unbranched alkanes of at least 4 members (excludes halogenated alkanes) is 5. The number of benzene rings is 2. The number of amidine groups is 2. The van der Waals surface area contributed by atoms with Crippen LogP contribution in [0.25, 0.3) is 0 Å². The van der Waals surface area contributed by atoms with E-state index in [1.807, 2.05) is 24.3 Å². The van der Waals surface area contributed by atoms with Gasteiger partial charge in [0.1, 0.15) is 28.8 Å². The maximum atomic E-state index is 11.3. The lowest BCUT2D eigenvalue weighted by atomic mass is 9.79. The fraction of sp³-hybridized carbons (Fsp3) is 0.641. The number of thiol groups is 1. The smallest absolute Gasteiger partial charge is 0.354 e. The summed E-state index contributed by atoms with van der Waals surface area (Å²) in [5.41, 5.74) is 1.82. The van der Waals surface area contributed by atoms with Gasteiger partial charge in [-0.15, -0.1) is 0 Å². The summed E-state index contributed by atoms with van der Waals surface area (Å²) in [5.74, 6) is 2.29. The van der Waals surface area contributed by atoms with Gasteiger partial charge in [-0.25, -0.2) is 0 Å². The van der Waals surface area contributed by atoms with Crippen molar-refractivity contribution in [1.29, 1.82) is 0 Å². The van der Waals surface area contributed by atoms with E-state index in [0.29, 0.717) is 23.8 Å². The van der Waals surface area contributed by atoms with Crippen LogP contribution in [0, 0.1) is 0 Å². The van der Waals surface area contributed by atoms with E-state index in [1.54, 1.807) is 0 Å². The third kappa shape index (κ3) is 10.3. The zero-order valence-electron chi connectivity index (χ0n) is 31.3. The maximum Gasteiger partial charge on any atom is 0.354 e. The van der Waals surface area contributed by atoms with Crippen LogP contribution in [0.1, 0.15) is 157 Å². The zero-order chi connectivity index (χ0) is 35.6. The molecule has 3 rings (SSSR count). The van der Waals surface area contributed by atoms with Crippen LogP contribution in [0.4, 0.5) is 0 Å². The van der Waals surface area contributed by atoms with Gasteiger partial charge >= 0.3 is 11.2 Å². The molecule has 1 heterocycles. The molecule has 2 aromatic rings. The van der Waals surface area contributed by atoms with Gasteiger partial charge in [0.05, 0.1) is 0 Å². The molecular weight excluding hydrogens is 607 g/mol. The van der Waals surface area contributed by atoms with E-state index < -0.39 is 5.18 Å². The number of nitrogens with one attached hydrogen (secondary N) is 1. The van der Waals surface area contributed by atoms with Crippen LogP contribution >= 0.6 is 12.6 Å². The molecule has 0 aliphatic carbocycles. The molecule has 0 saturated heterocycles. The first-order valence-corrected chi connectivity index (χ1v) is 17.7. The largest absolute Gasteiger partial charge is 0.507 e. The SMILES string of the molecule is CCCCCCCCC1=NC(S)(Oc2cc(C(C)(C)C)c(O)c(C(C)(C)C)c2)N=C(Oc2cc(C(C)(C)C)c(O)c(C(C)(C)C)c2)N1. The number of ether oxygens (including phenoxy) is 2. The lowest BCUT2D eigenvalue weighted by molar-refractivity contribution is 0.181. The zero-order valence-corrected chi connectivity index (χ0v) is 32.2.